The molecule has 0 saturated carbocycles. The van der Waals surface area contributed by atoms with Crippen LogP contribution in [-0.2, 0) is 0 Å². The van der Waals surface area contributed by atoms with Gasteiger partial charge in [-0.3, -0.25) is 4.99 Å². The van der Waals surface area contributed by atoms with Gasteiger partial charge >= 0.3 is 0 Å². The molecule has 1 aliphatic rings. The molecular formula is C27H30N2O2. The molecule has 31 heavy (non-hydrogen) atoms. The van der Waals surface area contributed by atoms with Crippen molar-refractivity contribution in [1.82, 2.24) is 0 Å². The Hall–Kier alpha value is -3.27. The predicted octanol–water partition coefficient (Wildman–Crippen LogP) is 6.96. The van der Waals surface area contributed by atoms with Crippen molar-refractivity contribution in [1.29, 1.82) is 0 Å². The monoisotopic (exact) mass is 414 g/mol. The number of ether oxygens (including phenoxy) is 2. The average molecular weight is 415 g/mol. The fourth-order valence-electron chi connectivity index (χ4n) is 4.26. The maximum absolute atomic E-state index is 5.94. The molecule has 160 valence electrons. The van der Waals surface area contributed by atoms with Crippen molar-refractivity contribution in [2.24, 2.45) is 4.99 Å². The number of hydrogen-bond acceptors (Lipinski definition) is 4. The van der Waals surface area contributed by atoms with Gasteiger partial charge in [0.1, 0.15) is 5.75 Å². The lowest BCUT2D eigenvalue weighted by Crippen LogP contribution is -2.45. The van der Waals surface area contributed by atoms with E-state index < -0.39 is 0 Å². The lowest BCUT2D eigenvalue weighted by molar-refractivity contribution is 0.379. The van der Waals surface area contributed by atoms with Gasteiger partial charge < -0.3 is 14.4 Å². The highest BCUT2D eigenvalue weighted by Crippen LogP contribution is 2.42. The van der Waals surface area contributed by atoms with Crippen LogP contribution in [0.3, 0.4) is 0 Å². The van der Waals surface area contributed by atoms with E-state index in [2.05, 4.69) is 55.9 Å². The Morgan fingerprint density at radius 1 is 1.00 bits per heavy atom. The number of aliphatic imine (C=N–C) groups is 1. The Morgan fingerprint density at radius 2 is 1.71 bits per heavy atom. The normalized spacial score (nSPS) is 17.5. The Morgan fingerprint density at radius 3 is 2.42 bits per heavy atom. The number of rotatable bonds is 5. The first kappa shape index (κ1) is 21.0. The van der Waals surface area contributed by atoms with E-state index in [0.717, 1.165) is 23.4 Å². The SMILES string of the molecule is COc1ccccc1Oc1ccc(N=Cc2ccc3c(c2)[C@H](C)CC(C)(C)N3C)cc1. The van der Waals surface area contributed by atoms with E-state index >= 15 is 0 Å². The van der Waals surface area contributed by atoms with Gasteiger partial charge in [0.15, 0.2) is 11.5 Å². The topological polar surface area (TPSA) is 34.1 Å². The standard InChI is InChI=1S/C27H30N2O2/c1-19-17-27(2,3)29(4)24-15-10-20(16-23(19)24)18-28-21-11-13-22(14-12-21)31-26-9-7-6-8-25(26)30-5/h6-16,18-19H,17H2,1-5H3/t19-/m1/s1. The summed E-state index contributed by atoms with van der Waals surface area (Å²) in [5.41, 5.74) is 4.89. The minimum atomic E-state index is 0.176. The number of methoxy groups -OCH3 is 1. The van der Waals surface area contributed by atoms with Gasteiger partial charge in [-0.1, -0.05) is 25.1 Å². The predicted molar refractivity (Wildman–Crippen MR) is 129 cm³/mol. The third kappa shape index (κ3) is 4.43. The molecule has 3 aromatic rings. The fraction of sp³-hybridized carbons (Fsp3) is 0.296. The van der Waals surface area contributed by atoms with Crippen molar-refractivity contribution in [3.63, 3.8) is 0 Å². The molecule has 0 aliphatic carbocycles. The van der Waals surface area contributed by atoms with E-state index in [-0.39, 0.29) is 5.54 Å². The number of hydrogen-bond donors (Lipinski definition) is 0. The molecule has 0 fully saturated rings. The number of nitrogens with zero attached hydrogens (tertiary/aromatic N) is 2. The second-order valence-corrected chi connectivity index (χ2v) is 8.80. The van der Waals surface area contributed by atoms with Gasteiger partial charge in [0.25, 0.3) is 0 Å². The highest BCUT2D eigenvalue weighted by atomic mass is 16.5. The lowest BCUT2D eigenvalue weighted by atomic mass is 9.80. The van der Waals surface area contributed by atoms with Crippen molar-refractivity contribution < 1.29 is 9.47 Å². The van der Waals surface area contributed by atoms with Crippen molar-refractivity contribution in [3.05, 3.63) is 77.9 Å². The van der Waals surface area contributed by atoms with Crippen LogP contribution in [0.5, 0.6) is 17.2 Å². The van der Waals surface area contributed by atoms with Crippen LogP contribution in [0.15, 0.2) is 71.7 Å². The van der Waals surface area contributed by atoms with Crippen molar-refractivity contribution in [3.8, 4) is 17.2 Å². The van der Waals surface area contributed by atoms with E-state index in [1.165, 1.54) is 11.3 Å². The molecular weight excluding hydrogens is 384 g/mol. The van der Waals surface area contributed by atoms with Crippen molar-refractivity contribution >= 4 is 17.6 Å². The summed E-state index contributed by atoms with van der Waals surface area (Å²) in [7, 11) is 3.83. The summed E-state index contributed by atoms with van der Waals surface area (Å²) in [6.45, 7) is 6.93. The smallest absolute Gasteiger partial charge is 0.169 e. The Labute approximate surface area is 185 Å². The highest BCUT2D eigenvalue weighted by Gasteiger charge is 2.33. The highest BCUT2D eigenvalue weighted by molar-refractivity contribution is 5.83. The molecule has 0 aromatic heterocycles. The van der Waals surface area contributed by atoms with Crippen LogP contribution in [-0.4, -0.2) is 25.9 Å². The van der Waals surface area contributed by atoms with E-state index in [9.17, 15) is 0 Å². The molecule has 0 amide bonds. The molecule has 1 atom stereocenters. The zero-order chi connectivity index (χ0) is 22.0. The number of fused-ring (bicyclic) bond motifs is 1. The first-order valence-electron chi connectivity index (χ1n) is 10.7. The summed E-state index contributed by atoms with van der Waals surface area (Å²) in [6.07, 6.45) is 3.08. The second-order valence-electron chi connectivity index (χ2n) is 8.80. The van der Waals surface area contributed by atoms with Gasteiger partial charge in [-0.15, -0.1) is 0 Å². The number of anilines is 1. The molecule has 1 heterocycles. The Balaban J connectivity index is 1.49. The molecule has 0 bridgehead atoms. The van der Waals surface area contributed by atoms with Gasteiger partial charge in [-0.2, -0.15) is 0 Å². The first-order chi connectivity index (χ1) is 14.9. The summed E-state index contributed by atoms with van der Waals surface area (Å²) in [5, 5.41) is 0. The minimum Gasteiger partial charge on any atom is -0.493 e. The second kappa shape index (κ2) is 8.46. The van der Waals surface area contributed by atoms with Crippen molar-refractivity contribution in [2.45, 2.75) is 38.6 Å². The maximum Gasteiger partial charge on any atom is 0.169 e. The third-order valence-corrected chi connectivity index (χ3v) is 6.15. The Kier molecular flexibility index (Phi) is 5.73. The third-order valence-electron chi connectivity index (χ3n) is 6.15. The lowest BCUT2D eigenvalue weighted by Gasteiger charge is -2.45. The summed E-state index contributed by atoms with van der Waals surface area (Å²) in [6, 6.07) is 22.0. The Bertz CT molecular complexity index is 1090. The van der Waals surface area contributed by atoms with Crippen LogP contribution in [0.2, 0.25) is 0 Å². The largest absolute Gasteiger partial charge is 0.493 e. The molecule has 1 aliphatic heterocycles. The van der Waals surface area contributed by atoms with Gasteiger partial charge in [0.2, 0.25) is 0 Å². The molecule has 4 nitrogen and oxygen atoms in total. The van der Waals surface area contributed by atoms with Crippen LogP contribution in [0, 0.1) is 0 Å². The van der Waals surface area contributed by atoms with Crippen LogP contribution in [0.25, 0.3) is 0 Å². The maximum atomic E-state index is 5.94. The summed E-state index contributed by atoms with van der Waals surface area (Å²) >= 11 is 0. The van der Waals surface area contributed by atoms with Crippen LogP contribution < -0.4 is 14.4 Å². The minimum absolute atomic E-state index is 0.176. The molecule has 4 rings (SSSR count). The zero-order valence-electron chi connectivity index (χ0n) is 18.9. The van der Waals surface area contributed by atoms with Crippen LogP contribution in [0.4, 0.5) is 11.4 Å². The van der Waals surface area contributed by atoms with Crippen LogP contribution >= 0.6 is 0 Å². The summed E-state index contributed by atoms with van der Waals surface area (Å²) < 4.78 is 11.3. The van der Waals surface area contributed by atoms with Gasteiger partial charge in [-0.25, -0.2) is 0 Å². The van der Waals surface area contributed by atoms with E-state index in [1.54, 1.807) is 7.11 Å². The number of benzene rings is 3. The fourth-order valence-corrected chi connectivity index (χ4v) is 4.26. The summed E-state index contributed by atoms with van der Waals surface area (Å²) in [4.78, 5) is 7.05. The molecule has 0 spiro atoms. The van der Waals surface area contributed by atoms with E-state index in [1.807, 2.05) is 54.7 Å². The average Bonchev–Trinajstić information content (AvgIpc) is 2.77. The van der Waals surface area contributed by atoms with Gasteiger partial charge in [0.05, 0.1) is 12.8 Å². The van der Waals surface area contributed by atoms with Crippen molar-refractivity contribution in [2.75, 3.05) is 19.1 Å². The molecule has 0 unspecified atom stereocenters. The zero-order valence-corrected chi connectivity index (χ0v) is 18.9. The molecule has 0 radical (unpaired) electrons. The quantitative estimate of drug-likeness (QED) is 0.423. The van der Waals surface area contributed by atoms with Crippen LogP contribution in [0.1, 0.15) is 44.2 Å². The van der Waals surface area contributed by atoms with E-state index in [0.29, 0.717) is 17.4 Å². The van der Waals surface area contributed by atoms with E-state index in [4.69, 9.17) is 9.47 Å². The molecule has 4 heteroatoms. The molecule has 0 saturated heterocycles. The summed E-state index contributed by atoms with van der Waals surface area (Å²) in [5.74, 6) is 2.68. The molecule has 3 aromatic carbocycles. The molecule has 0 N–H and O–H groups in total. The first-order valence-corrected chi connectivity index (χ1v) is 10.7. The number of para-hydroxylation sites is 2. The van der Waals surface area contributed by atoms with Gasteiger partial charge in [-0.05, 0) is 85.8 Å². The van der Waals surface area contributed by atoms with Gasteiger partial charge in [0, 0.05) is 24.5 Å².